The SMILES string of the molecule is COc1ccc(Br)cc1Cn1c(=O)[nH]c2cnc(NC[C@@H]3CC[C@@H](O)C3)nc21. The van der Waals surface area contributed by atoms with Crippen molar-refractivity contribution in [2.75, 3.05) is 19.0 Å². The fraction of sp³-hybridized carbons (Fsp3) is 0.421. The van der Waals surface area contributed by atoms with Crippen LogP contribution in [0.5, 0.6) is 5.75 Å². The molecule has 0 bridgehead atoms. The summed E-state index contributed by atoms with van der Waals surface area (Å²) in [6, 6.07) is 5.68. The Hall–Kier alpha value is -2.39. The molecule has 28 heavy (non-hydrogen) atoms. The number of fused-ring (bicyclic) bond motifs is 1. The molecule has 0 amide bonds. The Labute approximate surface area is 170 Å². The van der Waals surface area contributed by atoms with Gasteiger partial charge in [-0.2, -0.15) is 4.98 Å². The van der Waals surface area contributed by atoms with Crippen LogP contribution in [0, 0.1) is 5.92 Å². The first-order chi connectivity index (χ1) is 13.5. The summed E-state index contributed by atoms with van der Waals surface area (Å²) in [5.74, 6) is 1.59. The average Bonchev–Trinajstić information content (AvgIpc) is 3.23. The number of methoxy groups -OCH3 is 1. The minimum atomic E-state index is -0.248. The summed E-state index contributed by atoms with van der Waals surface area (Å²) < 4.78 is 7.90. The number of aromatic amines is 1. The molecule has 0 spiro atoms. The van der Waals surface area contributed by atoms with Gasteiger partial charge in [0.15, 0.2) is 5.65 Å². The number of rotatable bonds is 6. The third-order valence-electron chi connectivity index (χ3n) is 5.14. The van der Waals surface area contributed by atoms with Gasteiger partial charge < -0.3 is 20.1 Å². The Bertz CT molecular complexity index is 1050. The van der Waals surface area contributed by atoms with E-state index in [0.29, 0.717) is 41.9 Å². The number of halogens is 1. The van der Waals surface area contributed by atoms with Crippen molar-refractivity contribution in [1.29, 1.82) is 0 Å². The summed E-state index contributed by atoms with van der Waals surface area (Å²) in [5, 5.41) is 12.9. The van der Waals surface area contributed by atoms with E-state index in [4.69, 9.17) is 4.74 Å². The summed E-state index contributed by atoms with van der Waals surface area (Å²) in [6.07, 6.45) is 4.05. The van der Waals surface area contributed by atoms with Crippen LogP contribution in [-0.2, 0) is 6.54 Å². The molecule has 8 nitrogen and oxygen atoms in total. The molecule has 0 aliphatic heterocycles. The zero-order valence-electron chi connectivity index (χ0n) is 15.5. The largest absolute Gasteiger partial charge is 0.496 e. The minimum Gasteiger partial charge on any atom is -0.496 e. The Morgan fingerprint density at radius 2 is 2.29 bits per heavy atom. The maximum atomic E-state index is 12.5. The highest BCUT2D eigenvalue weighted by Gasteiger charge is 2.22. The van der Waals surface area contributed by atoms with Gasteiger partial charge in [-0.25, -0.2) is 9.78 Å². The number of aliphatic hydroxyl groups excluding tert-OH is 1. The molecular formula is C19H22BrN5O3. The summed E-state index contributed by atoms with van der Waals surface area (Å²) in [4.78, 5) is 24.1. The number of hydrogen-bond donors (Lipinski definition) is 3. The molecule has 2 aromatic heterocycles. The first-order valence-electron chi connectivity index (χ1n) is 9.23. The normalized spacial score (nSPS) is 19.2. The number of H-pyrrole nitrogens is 1. The van der Waals surface area contributed by atoms with Gasteiger partial charge in [0.25, 0.3) is 0 Å². The van der Waals surface area contributed by atoms with Gasteiger partial charge in [0.05, 0.1) is 26.0 Å². The lowest BCUT2D eigenvalue weighted by Gasteiger charge is -2.11. The third kappa shape index (κ3) is 3.90. The molecule has 4 rings (SSSR count). The summed E-state index contributed by atoms with van der Waals surface area (Å²) in [7, 11) is 1.61. The van der Waals surface area contributed by atoms with Crippen molar-refractivity contribution in [3.8, 4) is 5.75 Å². The van der Waals surface area contributed by atoms with E-state index in [0.717, 1.165) is 29.3 Å². The van der Waals surface area contributed by atoms with Crippen molar-refractivity contribution in [2.24, 2.45) is 5.92 Å². The van der Waals surface area contributed by atoms with Gasteiger partial charge >= 0.3 is 5.69 Å². The van der Waals surface area contributed by atoms with E-state index in [1.165, 1.54) is 0 Å². The van der Waals surface area contributed by atoms with E-state index in [-0.39, 0.29) is 11.8 Å². The Kier molecular flexibility index (Phi) is 5.36. The number of nitrogens with zero attached hydrogens (tertiary/aromatic N) is 3. The average molecular weight is 448 g/mol. The van der Waals surface area contributed by atoms with Gasteiger partial charge in [-0.05, 0) is 43.4 Å². The van der Waals surface area contributed by atoms with Crippen molar-refractivity contribution in [3.63, 3.8) is 0 Å². The Morgan fingerprint density at radius 1 is 1.43 bits per heavy atom. The molecule has 1 aromatic carbocycles. The van der Waals surface area contributed by atoms with Gasteiger partial charge in [-0.3, -0.25) is 4.57 Å². The first kappa shape index (κ1) is 18.9. The van der Waals surface area contributed by atoms with E-state index in [2.05, 4.69) is 36.2 Å². The Morgan fingerprint density at radius 3 is 3.04 bits per heavy atom. The van der Waals surface area contributed by atoms with Crippen LogP contribution in [0.3, 0.4) is 0 Å². The van der Waals surface area contributed by atoms with Gasteiger partial charge in [0.1, 0.15) is 11.3 Å². The van der Waals surface area contributed by atoms with Crippen molar-refractivity contribution in [2.45, 2.75) is 31.9 Å². The number of aromatic nitrogens is 4. The molecule has 2 heterocycles. The molecule has 3 N–H and O–H groups in total. The second-order valence-electron chi connectivity index (χ2n) is 7.12. The predicted molar refractivity (Wildman–Crippen MR) is 110 cm³/mol. The van der Waals surface area contributed by atoms with Crippen LogP contribution in [0.4, 0.5) is 5.95 Å². The maximum absolute atomic E-state index is 12.5. The van der Waals surface area contributed by atoms with Crippen LogP contribution in [0.1, 0.15) is 24.8 Å². The smallest absolute Gasteiger partial charge is 0.328 e. The molecule has 0 radical (unpaired) electrons. The molecule has 9 heteroatoms. The van der Waals surface area contributed by atoms with E-state index in [9.17, 15) is 9.90 Å². The Balaban J connectivity index is 1.60. The highest BCUT2D eigenvalue weighted by atomic mass is 79.9. The molecule has 0 saturated heterocycles. The molecule has 1 aliphatic carbocycles. The van der Waals surface area contributed by atoms with Gasteiger partial charge in [0, 0.05) is 16.6 Å². The molecule has 0 unspecified atom stereocenters. The van der Waals surface area contributed by atoms with Gasteiger partial charge in [-0.1, -0.05) is 15.9 Å². The number of aliphatic hydroxyl groups is 1. The third-order valence-corrected chi connectivity index (χ3v) is 5.64. The highest BCUT2D eigenvalue weighted by molar-refractivity contribution is 9.10. The maximum Gasteiger partial charge on any atom is 0.328 e. The molecule has 148 valence electrons. The first-order valence-corrected chi connectivity index (χ1v) is 10.0. The lowest BCUT2D eigenvalue weighted by molar-refractivity contribution is 0.178. The zero-order chi connectivity index (χ0) is 19.7. The minimum absolute atomic E-state index is 0.203. The van der Waals surface area contributed by atoms with Crippen LogP contribution < -0.4 is 15.7 Å². The highest BCUT2D eigenvalue weighted by Crippen LogP contribution is 2.26. The molecular weight excluding hydrogens is 426 g/mol. The number of imidazole rings is 1. The van der Waals surface area contributed by atoms with E-state index in [1.807, 2.05) is 18.2 Å². The zero-order valence-corrected chi connectivity index (χ0v) is 17.1. The lowest BCUT2D eigenvalue weighted by Crippen LogP contribution is -2.18. The summed E-state index contributed by atoms with van der Waals surface area (Å²) in [6.45, 7) is 1.03. The summed E-state index contributed by atoms with van der Waals surface area (Å²) in [5.41, 5.74) is 1.74. The molecule has 3 aromatic rings. The fourth-order valence-corrected chi connectivity index (χ4v) is 4.10. The van der Waals surface area contributed by atoms with E-state index in [1.54, 1.807) is 17.9 Å². The van der Waals surface area contributed by atoms with Crippen LogP contribution in [-0.4, -0.2) is 44.4 Å². The summed E-state index contributed by atoms with van der Waals surface area (Å²) >= 11 is 3.46. The molecule has 2 atom stereocenters. The molecule has 1 aliphatic rings. The van der Waals surface area contributed by atoms with Crippen molar-refractivity contribution in [3.05, 3.63) is 44.9 Å². The second kappa shape index (κ2) is 7.92. The number of anilines is 1. The van der Waals surface area contributed by atoms with Crippen LogP contribution >= 0.6 is 15.9 Å². The lowest BCUT2D eigenvalue weighted by atomic mass is 10.1. The standard InChI is InChI=1S/C19H22BrN5O3/c1-28-16-5-3-13(20)7-12(16)10-25-17-15(23-19(25)27)9-22-18(24-17)21-8-11-2-4-14(26)6-11/h3,5,7,9,11,14,26H,2,4,6,8,10H2,1H3,(H,23,27)(H,21,22,24)/t11-,14-/m1/s1. The molecule has 1 saturated carbocycles. The van der Waals surface area contributed by atoms with Crippen LogP contribution in [0.25, 0.3) is 11.2 Å². The van der Waals surface area contributed by atoms with Crippen molar-refractivity contribution < 1.29 is 9.84 Å². The van der Waals surface area contributed by atoms with Crippen LogP contribution in [0.2, 0.25) is 0 Å². The monoisotopic (exact) mass is 447 g/mol. The van der Waals surface area contributed by atoms with E-state index < -0.39 is 0 Å². The quantitative estimate of drug-likeness (QED) is 0.536. The van der Waals surface area contributed by atoms with Crippen molar-refractivity contribution >= 4 is 33.0 Å². The van der Waals surface area contributed by atoms with Crippen molar-refractivity contribution in [1.82, 2.24) is 19.5 Å². The van der Waals surface area contributed by atoms with Gasteiger partial charge in [0.2, 0.25) is 5.95 Å². The van der Waals surface area contributed by atoms with Gasteiger partial charge in [-0.15, -0.1) is 0 Å². The number of nitrogens with one attached hydrogen (secondary N) is 2. The topological polar surface area (TPSA) is 105 Å². The number of benzene rings is 1. The predicted octanol–water partition coefficient (Wildman–Crippen LogP) is 2.51. The number of hydrogen-bond acceptors (Lipinski definition) is 6. The van der Waals surface area contributed by atoms with Crippen LogP contribution in [0.15, 0.2) is 33.7 Å². The van der Waals surface area contributed by atoms with E-state index >= 15 is 0 Å². The second-order valence-corrected chi connectivity index (χ2v) is 8.03. The fourth-order valence-electron chi connectivity index (χ4n) is 3.69. The molecule has 1 fully saturated rings. The number of ether oxygens (including phenoxy) is 1.